The summed E-state index contributed by atoms with van der Waals surface area (Å²) < 4.78 is 4.66. The predicted octanol–water partition coefficient (Wildman–Crippen LogP) is 1.91. The topological polar surface area (TPSA) is 138 Å². The highest BCUT2D eigenvalue weighted by Crippen LogP contribution is 2.25. The van der Waals surface area contributed by atoms with Crippen LogP contribution in [0.3, 0.4) is 0 Å². The van der Waals surface area contributed by atoms with Gasteiger partial charge in [0.25, 0.3) is 6.47 Å². The van der Waals surface area contributed by atoms with Gasteiger partial charge in [0.05, 0.1) is 11.1 Å². The summed E-state index contributed by atoms with van der Waals surface area (Å²) >= 11 is 0. The predicted molar refractivity (Wildman–Crippen MR) is 83.3 cm³/mol. The number of carboxylic acid groups (broad SMARTS) is 3. The van der Waals surface area contributed by atoms with E-state index in [-0.39, 0.29) is 35.3 Å². The number of aromatic carboxylic acids is 3. The summed E-state index contributed by atoms with van der Waals surface area (Å²) in [5.74, 6) is -4.24. The SMILES string of the molecule is O=COc1cccc(Cc2ccc(C(=O)O)c(C(=O)O)c2)c1C(=O)O. The second-order valence-electron chi connectivity index (χ2n) is 4.98. The van der Waals surface area contributed by atoms with E-state index in [9.17, 15) is 24.3 Å². The summed E-state index contributed by atoms with van der Waals surface area (Å²) in [5.41, 5.74) is -0.317. The first kappa shape index (κ1) is 17.7. The number of hydrogen-bond acceptors (Lipinski definition) is 5. The molecule has 2 rings (SSSR count). The van der Waals surface area contributed by atoms with Crippen molar-refractivity contribution >= 4 is 24.4 Å². The third-order valence-corrected chi connectivity index (χ3v) is 3.44. The van der Waals surface area contributed by atoms with Crippen LogP contribution in [-0.4, -0.2) is 39.7 Å². The highest BCUT2D eigenvalue weighted by molar-refractivity contribution is 6.01. The van der Waals surface area contributed by atoms with Gasteiger partial charge in [0.15, 0.2) is 0 Å². The van der Waals surface area contributed by atoms with Gasteiger partial charge in [-0.05, 0) is 35.7 Å². The van der Waals surface area contributed by atoms with E-state index >= 15 is 0 Å². The molecule has 0 fully saturated rings. The molecule has 0 saturated heterocycles. The van der Waals surface area contributed by atoms with Crippen LogP contribution in [0.5, 0.6) is 5.75 Å². The van der Waals surface area contributed by atoms with Crippen LogP contribution in [0, 0.1) is 0 Å². The lowest BCUT2D eigenvalue weighted by molar-refractivity contribution is -0.120. The number of hydrogen-bond donors (Lipinski definition) is 3. The molecule has 0 saturated carbocycles. The van der Waals surface area contributed by atoms with E-state index in [1.165, 1.54) is 30.3 Å². The smallest absolute Gasteiger partial charge is 0.339 e. The van der Waals surface area contributed by atoms with Gasteiger partial charge >= 0.3 is 17.9 Å². The zero-order chi connectivity index (χ0) is 18.6. The second kappa shape index (κ2) is 7.26. The summed E-state index contributed by atoms with van der Waals surface area (Å²) in [6, 6.07) is 8.02. The van der Waals surface area contributed by atoms with Gasteiger partial charge in [-0.15, -0.1) is 0 Å². The molecule has 8 nitrogen and oxygen atoms in total. The van der Waals surface area contributed by atoms with E-state index in [1.54, 1.807) is 0 Å². The van der Waals surface area contributed by atoms with Crippen molar-refractivity contribution in [1.29, 1.82) is 0 Å². The zero-order valence-electron chi connectivity index (χ0n) is 12.6. The molecular formula is C17H12O8. The molecule has 0 amide bonds. The fraction of sp³-hybridized carbons (Fsp3) is 0.0588. The van der Waals surface area contributed by atoms with Gasteiger partial charge in [0.2, 0.25) is 0 Å². The Morgan fingerprint density at radius 1 is 0.920 bits per heavy atom. The molecule has 8 heteroatoms. The minimum absolute atomic E-state index is 0.0118. The van der Waals surface area contributed by atoms with Crippen molar-refractivity contribution < 1.29 is 39.2 Å². The molecule has 0 aliphatic rings. The zero-order valence-corrected chi connectivity index (χ0v) is 12.6. The van der Waals surface area contributed by atoms with Crippen LogP contribution in [0.25, 0.3) is 0 Å². The third-order valence-electron chi connectivity index (χ3n) is 3.44. The molecule has 128 valence electrons. The summed E-state index contributed by atoms with van der Waals surface area (Å²) in [6.07, 6.45) is 0.0118. The maximum atomic E-state index is 11.5. The van der Waals surface area contributed by atoms with Crippen molar-refractivity contribution in [1.82, 2.24) is 0 Å². The molecule has 0 aliphatic heterocycles. The number of benzene rings is 2. The molecule has 0 bridgehead atoms. The first-order valence-electron chi connectivity index (χ1n) is 6.90. The average Bonchev–Trinajstić information content (AvgIpc) is 2.54. The molecule has 25 heavy (non-hydrogen) atoms. The van der Waals surface area contributed by atoms with E-state index < -0.39 is 23.5 Å². The Morgan fingerprint density at radius 2 is 1.60 bits per heavy atom. The molecule has 0 spiro atoms. The van der Waals surface area contributed by atoms with Crippen LogP contribution < -0.4 is 4.74 Å². The maximum absolute atomic E-state index is 11.5. The van der Waals surface area contributed by atoms with Gasteiger partial charge in [-0.3, -0.25) is 4.79 Å². The second-order valence-corrected chi connectivity index (χ2v) is 4.98. The van der Waals surface area contributed by atoms with Crippen molar-refractivity contribution in [3.63, 3.8) is 0 Å². The van der Waals surface area contributed by atoms with Crippen molar-refractivity contribution in [2.24, 2.45) is 0 Å². The molecule has 0 heterocycles. The fourth-order valence-corrected chi connectivity index (χ4v) is 2.40. The first-order chi connectivity index (χ1) is 11.8. The lowest BCUT2D eigenvalue weighted by atomic mass is 9.96. The Labute approximate surface area is 140 Å². The van der Waals surface area contributed by atoms with Crippen molar-refractivity contribution in [2.45, 2.75) is 6.42 Å². The van der Waals surface area contributed by atoms with Crippen molar-refractivity contribution in [3.05, 3.63) is 64.2 Å². The highest BCUT2D eigenvalue weighted by atomic mass is 16.5. The number of carbonyl (C=O) groups is 4. The van der Waals surface area contributed by atoms with Gasteiger partial charge in [0, 0.05) is 0 Å². The molecule has 0 atom stereocenters. The Bertz CT molecular complexity index is 869. The Balaban J connectivity index is 2.50. The summed E-state index contributed by atoms with van der Waals surface area (Å²) in [4.78, 5) is 44.3. The Morgan fingerprint density at radius 3 is 2.16 bits per heavy atom. The molecule has 0 aromatic heterocycles. The molecule has 0 aliphatic carbocycles. The average molecular weight is 344 g/mol. The maximum Gasteiger partial charge on any atom is 0.339 e. The molecule has 2 aromatic rings. The molecule has 0 radical (unpaired) electrons. The molecule has 3 N–H and O–H groups in total. The third kappa shape index (κ3) is 3.81. The van der Waals surface area contributed by atoms with Crippen LogP contribution in [0.4, 0.5) is 0 Å². The summed E-state index contributed by atoms with van der Waals surface area (Å²) in [5, 5.41) is 27.5. The van der Waals surface area contributed by atoms with E-state index in [2.05, 4.69) is 4.74 Å². The molecule has 2 aromatic carbocycles. The highest BCUT2D eigenvalue weighted by Gasteiger charge is 2.19. The van der Waals surface area contributed by atoms with E-state index in [0.717, 1.165) is 6.07 Å². The summed E-state index contributed by atoms with van der Waals surface area (Å²) in [6.45, 7) is 0.107. The summed E-state index contributed by atoms with van der Waals surface area (Å²) in [7, 11) is 0. The van der Waals surface area contributed by atoms with Crippen LogP contribution >= 0.6 is 0 Å². The lowest BCUT2D eigenvalue weighted by Gasteiger charge is -2.11. The van der Waals surface area contributed by atoms with Crippen LogP contribution in [0.2, 0.25) is 0 Å². The van der Waals surface area contributed by atoms with E-state index in [1.807, 2.05) is 0 Å². The minimum atomic E-state index is -1.41. The normalized spacial score (nSPS) is 10.1. The fourth-order valence-electron chi connectivity index (χ4n) is 2.40. The number of carbonyl (C=O) groups excluding carboxylic acids is 1. The Kier molecular flexibility index (Phi) is 5.13. The standard InChI is InChI=1S/C17H12O8/c18-8-25-13-3-1-2-10(14(13)17(23)24)6-9-4-5-11(15(19)20)12(7-9)16(21)22/h1-5,7-8H,6H2,(H,19,20)(H,21,22)(H,23,24). The van der Waals surface area contributed by atoms with Crippen LogP contribution in [0.1, 0.15) is 42.2 Å². The number of carboxylic acids is 3. The number of rotatable bonds is 7. The van der Waals surface area contributed by atoms with Gasteiger partial charge in [-0.2, -0.15) is 0 Å². The van der Waals surface area contributed by atoms with Crippen molar-refractivity contribution in [2.75, 3.05) is 0 Å². The first-order valence-corrected chi connectivity index (χ1v) is 6.90. The van der Waals surface area contributed by atoms with Crippen LogP contribution in [-0.2, 0) is 11.2 Å². The minimum Gasteiger partial charge on any atom is -0.478 e. The van der Waals surface area contributed by atoms with Crippen LogP contribution in [0.15, 0.2) is 36.4 Å². The number of ether oxygens (including phenoxy) is 1. The largest absolute Gasteiger partial charge is 0.478 e. The lowest BCUT2D eigenvalue weighted by Crippen LogP contribution is -2.10. The quantitative estimate of drug-likeness (QED) is 0.647. The van der Waals surface area contributed by atoms with Crippen molar-refractivity contribution in [3.8, 4) is 5.75 Å². The Hall–Kier alpha value is -3.68. The van der Waals surface area contributed by atoms with Gasteiger partial charge in [0.1, 0.15) is 11.3 Å². The van der Waals surface area contributed by atoms with E-state index in [0.29, 0.717) is 5.56 Å². The van der Waals surface area contributed by atoms with Gasteiger partial charge < -0.3 is 20.1 Å². The molecular weight excluding hydrogens is 332 g/mol. The van der Waals surface area contributed by atoms with E-state index in [4.69, 9.17) is 10.2 Å². The van der Waals surface area contributed by atoms with Gasteiger partial charge in [-0.25, -0.2) is 14.4 Å². The van der Waals surface area contributed by atoms with Gasteiger partial charge in [-0.1, -0.05) is 18.2 Å². The monoisotopic (exact) mass is 344 g/mol. The molecule has 0 unspecified atom stereocenters.